The van der Waals surface area contributed by atoms with Crippen molar-refractivity contribution in [2.75, 3.05) is 0 Å². The van der Waals surface area contributed by atoms with Gasteiger partial charge in [-0.05, 0) is 23.1 Å². The fourth-order valence-electron chi connectivity index (χ4n) is 2.62. The van der Waals surface area contributed by atoms with Crippen LogP contribution in [0.3, 0.4) is 0 Å². The van der Waals surface area contributed by atoms with Crippen molar-refractivity contribution in [2.24, 2.45) is 0 Å². The molecule has 0 saturated carbocycles. The van der Waals surface area contributed by atoms with Crippen LogP contribution in [0.25, 0.3) is 0 Å². The van der Waals surface area contributed by atoms with Gasteiger partial charge in [-0.2, -0.15) is 0 Å². The molecule has 0 unspecified atom stereocenters. The number of carbonyl (C=O) groups is 1. The van der Waals surface area contributed by atoms with Gasteiger partial charge in [-0.25, -0.2) is 4.79 Å². The van der Waals surface area contributed by atoms with Crippen molar-refractivity contribution in [3.8, 4) is 0 Å². The highest BCUT2D eigenvalue weighted by Gasteiger charge is 2.31. The van der Waals surface area contributed by atoms with Gasteiger partial charge in [0, 0.05) is 0 Å². The Labute approximate surface area is 123 Å². The minimum Gasteiger partial charge on any atom is -0.445 e. The van der Waals surface area contributed by atoms with E-state index in [2.05, 4.69) is 5.32 Å². The number of aliphatic hydroxyl groups excluding tert-OH is 1. The molecule has 0 heterocycles. The Morgan fingerprint density at radius 1 is 1.14 bits per heavy atom. The molecule has 21 heavy (non-hydrogen) atoms. The molecule has 2 atom stereocenters. The van der Waals surface area contributed by atoms with E-state index >= 15 is 0 Å². The first-order valence-corrected chi connectivity index (χ1v) is 6.97. The number of aliphatic hydroxyl groups is 1. The lowest BCUT2D eigenvalue weighted by molar-refractivity contribution is 0.109. The zero-order valence-corrected chi connectivity index (χ0v) is 11.5. The Morgan fingerprint density at radius 2 is 1.86 bits per heavy atom. The zero-order valence-electron chi connectivity index (χ0n) is 11.5. The van der Waals surface area contributed by atoms with Gasteiger partial charge >= 0.3 is 6.09 Å². The van der Waals surface area contributed by atoms with E-state index in [-0.39, 0.29) is 12.6 Å². The second kappa shape index (κ2) is 5.97. The third kappa shape index (κ3) is 3.06. The molecule has 2 N–H and O–H groups in total. The molecule has 2 aromatic carbocycles. The Balaban J connectivity index is 1.55. The van der Waals surface area contributed by atoms with Crippen LogP contribution in [0.15, 0.2) is 54.6 Å². The molecule has 1 amide bonds. The minimum atomic E-state index is -0.675. The van der Waals surface area contributed by atoms with Crippen molar-refractivity contribution in [1.29, 1.82) is 0 Å². The minimum absolute atomic E-state index is 0.225. The highest BCUT2D eigenvalue weighted by molar-refractivity contribution is 5.68. The van der Waals surface area contributed by atoms with E-state index in [1.54, 1.807) is 0 Å². The first kappa shape index (κ1) is 13.6. The molecular formula is C17H17NO3. The summed E-state index contributed by atoms with van der Waals surface area (Å²) in [5.74, 6) is 0. The molecule has 3 rings (SSSR count). The molecule has 108 valence electrons. The predicted molar refractivity (Wildman–Crippen MR) is 78.7 cm³/mol. The smallest absolute Gasteiger partial charge is 0.407 e. The van der Waals surface area contributed by atoms with E-state index in [4.69, 9.17) is 4.74 Å². The molecule has 0 fully saturated rings. The van der Waals surface area contributed by atoms with Crippen LogP contribution in [0.5, 0.6) is 0 Å². The van der Waals surface area contributed by atoms with Crippen LogP contribution >= 0.6 is 0 Å². The van der Waals surface area contributed by atoms with Gasteiger partial charge in [0.2, 0.25) is 0 Å². The SMILES string of the molecule is O=C(N[C@H]1Cc2ccccc2[C@H]1O)OCc1ccccc1. The Bertz CT molecular complexity index is 627. The maximum atomic E-state index is 11.8. The first-order chi connectivity index (χ1) is 10.2. The fourth-order valence-corrected chi connectivity index (χ4v) is 2.62. The summed E-state index contributed by atoms with van der Waals surface area (Å²) in [7, 11) is 0. The van der Waals surface area contributed by atoms with Gasteiger partial charge in [0.25, 0.3) is 0 Å². The number of hydrogen-bond donors (Lipinski definition) is 2. The van der Waals surface area contributed by atoms with Gasteiger partial charge in [-0.3, -0.25) is 0 Å². The van der Waals surface area contributed by atoms with Crippen molar-refractivity contribution in [3.05, 3.63) is 71.3 Å². The Morgan fingerprint density at radius 3 is 2.62 bits per heavy atom. The number of hydrogen-bond acceptors (Lipinski definition) is 3. The van der Waals surface area contributed by atoms with Gasteiger partial charge in [-0.1, -0.05) is 54.6 Å². The molecular weight excluding hydrogens is 266 g/mol. The van der Waals surface area contributed by atoms with Crippen molar-refractivity contribution < 1.29 is 14.6 Å². The summed E-state index contributed by atoms with van der Waals surface area (Å²) in [5.41, 5.74) is 2.88. The third-order valence-corrected chi connectivity index (χ3v) is 3.71. The van der Waals surface area contributed by atoms with Crippen LogP contribution in [0, 0.1) is 0 Å². The van der Waals surface area contributed by atoms with Gasteiger partial charge in [0.05, 0.1) is 12.1 Å². The van der Waals surface area contributed by atoms with Crippen LogP contribution in [0.1, 0.15) is 22.8 Å². The van der Waals surface area contributed by atoms with Crippen LogP contribution in [0.4, 0.5) is 4.79 Å². The molecule has 1 aliphatic carbocycles. The standard InChI is InChI=1S/C17H17NO3/c19-16-14-9-5-4-8-13(14)10-15(16)18-17(20)21-11-12-6-2-1-3-7-12/h1-9,15-16,19H,10-11H2,(H,18,20)/t15-,16+/m0/s1. The van der Waals surface area contributed by atoms with E-state index in [0.717, 1.165) is 16.7 Å². The Hall–Kier alpha value is -2.33. The number of ether oxygens (including phenoxy) is 1. The van der Waals surface area contributed by atoms with Crippen molar-refractivity contribution >= 4 is 6.09 Å². The number of benzene rings is 2. The van der Waals surface area contributed by atoms with E-state index in [1.807, 2.05) is 54.6 Å². The lowest BCUT2D eigenvalue weighted by Gasteiger charge is -2.16. The molecule has 0 radical (unpaired) electrons. The second-order valence-corrected chi connectivity index (χ2v) is 5.16. The lowest BCUT2D eigenvalue weighted by atomic mass is 10.1. The molecule has 0 bridgehead atoms. The molecule has 0 saturated heterocycles. The average Bonchev–Trinajstić information content (AvgIpc) is 2.83. The summed E-state index contributed by atoms with van der Waals surface area (Å²) in [6.45, 7) is 0.225. The number of carbonyl (C=O) groups excluding carboxylic acids is 1. The van der Waals surface area contributed by atoms with Crippen molar-refractivity contribution in [3.63, 3.8) is 0 Å². The molecule has 4 nitrogen and oxygen atoms in total. The molecule has 1 aliphatic rings. The first-order valence-electron chi connectivity index (χ1n) is 6.97. The fraction of sp³-hybridized carbons (Fsp3) is 0.235. The number of rotatable bonds is 3. The van der Waals surface area contributed by atoms with Crippen LogP contribution in [-0.2, 0) is 17.8 Å². The molecule has 0 aliphatic heterocycles. The maximum Gasteiger partial charge on any atom is 0.407 e. The summed E-state index contributed by atoms with van der Waals surface area (Å²) in [6, 6.07) is 16.8. The summed E-state index contributed by atoms with van der Waals surface area (Å²) in [6.07, 6.45) is -0.557. The predicted octanol–water partition coefficient (Wildman–Crippen LogP) is 2.57. The highest BCUT2D eigenvalue weighted by Crippen LogP contribution is 2.30. The van der Waals surface area contributed by atoms with Gasteiger partial charge in [0.15, 0.2) is 0 Å². The number of nitrogens with one attached hydrogen (secondary N) is 1. The van der Waals surface area contributed by atoms with E-state index in [1.165, 1.54) is 0 Å². The van der Waals surface area contributed by atoms with Gasteiger partial charge in [0.1, 0.15) is 6.61 Å². The largest absolute Gasteiger partial charge is 0.445 e. The second-order valence-electron chi connectivity index (χ2n) is 5.16. The average molecular weight is 283 g/mol. The lowest BCUT2D eigenvalue weighted by Crippen LogP contribution is -2.38. The molecule has 2 aromatic rings. The van der Waals surface area contributed by atoms with E-state index in [9.17, 15) is 9.90 Å². The van der Waals surface area contributed by atoms with Crippen LogP contribution in [-0.4, -0.2) is 17.2 Å². The topological polar surface area (TPSA) is 58.6 Å². The number of alkyl carbamates (subject to hydrolysis) is 1. The Kier molecular flexibility index (Phi) is 3.88. The summed E-state index contributed by atoms with van der Waals surface area (Å²) in [4.78, 5) is 11.8. The number of fused-ring (bicyclic) bond motifs is 1. The van der Waals surface area contributed by atoms with Gasteiger partial charge < -0.3 is 15.2 Å². The maximum absolute atomic E-state index is 11.8. The van der Waals surface area contributed by atoms with Crippen molar-refractivity contribution in [2.45, 2.75) is 25.2 Å². The molecule has 0 spiro atoms. The van der Waals surface area contributed by atoms with Gasteiger partial charge in [-0.15, -0.1) is 0 Å². The summed E-state index contributed by atoms with van der Waals surface area (Å²) in [5, 5.41) is 12.9. The quantitative estimate of drug-likeness (QED) is 0.910. The normalized spacial score (nSPS) is 19.9. The summed E-state index contributed by atoms with van der Waals surface area (Å²) < 4.78 is 5.18. The highest BCUT2D eigenvalue weighted by atomic mass is 16.5. The van der Waals surface area contributed by atoms with Crippen LogP contribution in [0.2, 0.25) is 0 Å². The monoisotopic (exact) mass is 283 g/mol. The third-order valence-electron chi connectivity index (χ3n) is 3.71. The van der Waals surface area contributed by atoms with Crippen molar-refractivity contribution in [1.82, 2.24) is 5.32 Å². The number of amides is 1. The molecule has 0 aromatic heterocycles. The van der Waals surface area contributed by atoms with Crippen LogP contribution < -0.4 is 5.32 Å². The molecule has 4 heteroatoms. The van der Waals surface area contributed by atoms with E-state index in [0.29, 0.717) is 6.42 Å². The summed E-state index contributed by atoms with van der Waals surface area (Å²) >= 11 is 0. The zero-order chi connectivity index (χ0) is 14.7. The van der Waals surface area contributed by atoms with E-state index < -0.39 is 12.2 Å².